The lowest BCUT2D eigenvalue weighted by Crippen LogP contribution is -2.58. The quantitative estimate of drug-likeness (QED) is 0.103. The Balaban J connectivity index is 1.83. The van der Waals surface area contributed by atoms with Crippen molar-refractivity contribution in [2.24, 2.45) is 0 Å². The number of rotatable bonds is 1. The van der Waals surface area contributed by atoms with Gasteiger partial charge in [-0.25, -0.2) is 35.1 Å². The molecule has 1 aliphatic heterocycles. The first-order valence-electron chi connectivity index (χ1n) is 11.8. The van der Waals surface area contributed by atoms with Gasteiger partial charge in [0, 0.05) is 28.9 Å². The molecule has 0 spiro atoms. The van der Waals surface area contributed by atoms with Crippen molar-refractivity contribution in [3.05, 3.63) is 101 Å². The maximum atomic E-state index is 16.5. The van der Waals surface area contributed by atoms with E-state index >= 15 is 22.0 Å². The van der Waals surface area contributed by atoms with Gasteiger partial charge in [0.15, 0.2) is 46.5 Å². The SMILES string of the molecule is CN1c2ccccc2B(c2ccccc2)c2c1c(F)c1c(F)c(F)c3c(F)c(F)c(F)c4c(F)c(F)c2c1c34. The largest absolute Gasteiger partial charge is 0.343 e. The average Bonchev–Trinajstić information content (AvgIpc) is 2.94. The standard InChI is InChI=1S/C29H12BF8N/c1-39-13-10-6-5-9-12(13)30(11-7-3-2-4-8-11)20-16-14-15-17(22(32)21(16)31)25(35)28(38)26(36)18(15)23(33)24(34)19(14)27(37)29(20)39/h2-10H,1H3. The van der Waals surface area contributed by atoms with Crippen LogP contribution in [0.1, 0.15) is 0 Å². The second-order valence-electron chi connectivity index (χ2n) is 9.49. The van der Waals surface area contributed by atoms with Gasteiger partial charge < -0.3 is 4.90 Å². The molecule has 0 aromatic heterocycles. The number of nitrogens with zero attached hydrogens (tertiary/aromatic N) is 1. The summed E-state index contributed by atoms with van der Waals surface area (Å²) in [4.78, 5) is 1.31. The second kappa shape index (κ2) is 7.85. The van der Waals surface area contributed by atoms with Crippen LogP contribution in [0, 0.1) is 46.5 Å². The third kappa shape index (κ3) is 2.76. The fourth-order valence-electron chi connectivity index (χ4n) is 6.08. The lowest BCUT2D eigenvalue weighted by atomic mass is 9.34. The molecule has 0 N–H and O–H groups in total. The number of hydrogen-bond donors (Lipinski definition) is 0. The first-order chi connectivity index (χ1) is 18.7. The van der Waals surface area contributed by atoms with Crippen LogP contribution in [0.5, 0.6) is 0 Å². The summed E-state index contributed by atoms with van der Waals surface area (Å²) in [5.74, 6) is -15.6. The van der Waals surface area contributed by atoms with Crippen LogP contribution in [0.25, 0.3) is 32.3 Å². The molecular formula is C29H12BF8N. The number of hydrogen-bond acceptors (Lipinski definition) is 1. The summed E-state index contributed by atoms with van der Waals surface area (Å²) in [7, 11) is 1.43. The van der Waals surface area contributed by atoms with E-state index in [-0.39, 0.29) is 11.2 Å². The zero-order valence-electron chi connectivity index (χ0n) is 19.7. The number of para-hydroxylation sites is 1. The molecule has 6 aromatic rings. The first kappa shape index (κ1) is 23.8. The number of anilines is 2. The van der Waals surface area contributed by atoms with Crippen LogP contribution in [0.3, 0.4) is 0 Å². The van der Waals surface area contributed by atoms with Crippen LogP contribution < -0.4 is 21.3 Å². The Morgan fingerprint density at radius 2 is 0.949 bits per heavy atom. The molecule has 0 saturated carbocycles. The normalized spacial score (nSPS) is 13.2. The summed E-state index contributed by atoms with van der Waals surface area (Å²) < 4.78 is 123. The first-order valence-corrected chi connectivity index (χ1v) is 11.8. The van der Waals surface area contributed by atoms with Gasteiger partial charge in [0.1, 0.15) is 0 Å². The van der Waals surface area contributed by atoms with Crippen molar-refractivity contribution >= 4 is 66.8 Å². The Bertz CT molecular complexity index is 2000. The van der Waals surface area contributed by atoms with E-state index in [1.165, 1.54) is 11.9 Å². The molecule has 1 nitrogen and oxygen atoms in total. The van der Waals surface area contributed by atoms with E-state index in [9.17, 15) is 13.2 Å². The van der Waals surface area contributed by atoms with Crippen LogP contribution in [-0.4, -0.2) is 13.8 Å². The highest BCUT2D eigenvalue weighted by molar-refractivity contribution is 6.99. The van der Waals surface area contributed by atoms with Crippen LogP contribution in [0.4, 0.5) is 46.5 Å². The Morgan fingerprint density at radius 1 is 0.487 bits per heavy atom. The predicted octanol–water partition coefficient (Wildman–Crippen LogP) is 6.29. The summed E-state index contributed by atoms with van der Waals surface area (Å²) in [6, 6.07) is 15.2. The van der Waals surface area contributed by atoms with Crippen molar-refractivity contribution in [3.8, 4) is 0 Å². The van der Waals surface area contributed by atoms with Crippen molar-refractivity contribution in [1.29, 1.82) is 0 Å². The fraction of sp³-hybridized carbons (Fsp3) is 0.0345. The number of fused-ring (bicyclic) bond motifs is 3. The molecule has 7 rings (SSSR count). The Morgan fingerprint density at radius 3 is 1.56 bits per heavy atom. The third-order valence-corrected chi connectivity index (χ3v) is 7.66. The summed E-state index contributed by atoms with van der Waals surface area (Å²) in [5, 5.41) is -6.43. The molecule has 192 valence electrons. The third-order valence-electron chi connectivity index (χ3n) is 7.66. The van der Waals surface area contributed by atoms with Gasteiger partial charge >= 0.3 is 0 Å². The molecule has 10 heteroatoms. The van der Waals surface area contributed by atoms with Crippen molar-refractivity contribution < 1.29 is 35.1 Å². The van der Waals surface area contributed by atoms with Gasteiger partial charge in [0.05, 0.1) is 21.8 Å². The average molecular weight is 537 g/mol. The molecular weight excluding hydrogens is 525 g/mol. The van der Waals surface area contributed by atoms with E-state index in [4.69, 9.17) is 0 Å². The van der Waals surface area contributed by atoms with Crippen molar-refractivity contribution in [2.75, 3.05) is 11.9 Å². The minimum absolute atomic E-state index is 0.150. The van der Waals surface area contributed by atoms with E-state index in [0.29, 0.717) is 16.6 Å². The molecule has 0 unspecified atom stereocenters. The zero-order chi connectivity index (χ0) is 27.5. The molecule has 1 heterocycles. The van der Waals surface area contributed by atoms with Crippen LogP contribution in [0.15, 0.2) is 54.6 Å². The topological polar surface area (TPSA) is 3.24 Å². The zero-order valence-corrected chi connectivity index (χ0v) is 19.7. The number of halogens is 8. The summed E-state index contributed by atoms with van der Waals surface area (Å²) in [5.41, 5.74) is 1.04. The van der Waals surface area contributed by atoms with E-state index in [2.05, 4.69) is 0 Å². The van der Waals surface area contributed by atoms with Gasteiger partial charge in [-0.3, -0.25) is 0 Å². The predicted molar refractivity (Wildman–Crippen MR) is 135 cm³/mol. The summed E-state index contributed by atoms with van der Waals surface area (Å²) >= 11 is 0. The lowest BCUT2D eigenvalue weighted by Gasteiger charge is -2.36. The highest BCUT2D eigenvalue weighted by atomic mass is 19.2. The smallest absolute Gasteiger partial charge is 0.247 e. The molecule has 0 atom stereocenters. The van der Waals surface area contributed by atoms with E-state index in [1.807, 2.05) is 0 Å². The highest BCUT2D eigenvalue weighted by Gasteiger charge is 2.41. The van der Waals surface area contributed by atoms with Crippen LogP contribution in [-0.2, 0) is 0 Å². The van der Waals surface area contributed by atoms with Gasteiger partial charge in [0.2, 0.25) is 6.71 Å². The summed E-state index contributed by atoms with van der Waals surface area (Å²) in [6.07, 6.45) is 0. The highest BCUT2D eigenvalue weighted by Crippen LogP contribution is 2.46. The Kier molecular flexibility index (Phi) is 4.78. The molecule has 39 heavy (non-hydrogen) atoms. The molecule has 0 saturated heterocycles. The van der Waals surface area contributed by atoms with E-state index < -0.39 is 85.6 Å². The van der Waals surface area contributed by atoms with E-state index in [1.54, 1.807) is 54.6 Å². The minimum atomic E-state index is -2.31. The molecule has 0 amide bonds. The van der Waals surface area contributed by atoms with Gasteiger partial charge in [-0.2, -0.15) is 0 Å². The molecule has 0 aliphatic carbocycles. The molecule has 0 bridgehead atoms. The molecule has 0 fully saturated rings. The van der Waals surface area contributed by atoms with Crippen LogP contribution >= 0.6 is 0 Å². The Labute approximate surface area is 215 Å². The van der Waals surface area contributed by atoms with E-state index in [0.717, 1.165) is 0 Å². The monoisotopic (exact) mass is 537 g/mol. The van der Waals surface area contributed by atoms with Gasteiger partial charge in [0.25, 0.3) is 0 Å². The summed E-state index contributed by atoms with van der Waals surface area (Å²) in [6.45, 7) is -0.944. The maximum Gasteiger partial charge on any atom is 0.247 e. The van der Waals surface area contributed by atoms with Crippen molar-refractivity contribution in [3.63, 3.8) is 0 Å². The van der Waals surface area contributed by atoms with Gasteiger partial charge in [-0.05, 0) is 17.0 Å². The van der Waals surface area contributed by atoms with Crippen molar-refractivity contribution in [2.45, 2.75) is 0 Å². The molecule has 1 aliphatic rings. The molecule has 6 aromatic carbocycles. The number of benzene rings is 6. The Hall–Kier alpha value is -4.34. The van der Waals surface area contributed by atoms with Gasteiger partial charge in [-0.15, -0.1) is 0 Å². The second-order valence-corrected chi connectivity index (χ2v) is 9.49. The van der Waals surface area contributed by atoms with Crippen LogP contribution in [0.2, 0.25) is 0 Å². The molecule has 0 radical (unpaired) electrons. The fourth-order valence-corrected chi connectivity index (χ4v) is 6.08. The van der Waals surface area contributed by atoms with Gasteiger partial charge in [-0.1, -0.05) is 54.0 Å². The minimum Gasteiger partial charge on any atom is -0.343 e. The maximum absolute atomic E-state index is 16.5. The lowest BCUT2D eigenvalue weighted by molar-refractivity contribution is 0.448. The van der Waals surface area contributed by atoms with Crippen molar-refractivity contribution in [1.82, 2.24) is 0 Å².